The highest BCUT2D eigenvalue weighted by atomic mass is 16.3. The minimum Gasteiger partial charge on any atom is -0.398 e. The molecule has 1 aliphatic rings. The molecule has 0 aliphatic carbocycles. The zero-order valence-corrected chi connectivity index (χ0v) is 13.0. The molecule has 116 valence electrons. The number of piperazine rings is 1. The molecular formula is C15H24N4O2. The number of amides is 1. The van der Waals surface area contributed by atoms with Gasteiger partial charge in [0, 0.05) is 50.3 Å². The second kappa shape index (κ2) is 5.99. The normalized spacial score (nSPS) is 17.0. The number of nitrogen functional groups attached to an aromatic ring is 1. The summed E-state index contributed by atoms with van der Waals surface area (Å²) in [6, 6.07) is 1.72. The van der Waals surface area contributed by atoms with Crippen LogP contribution in [0.5, 0.6) is 0 Å². The van der Waals surface area contributed by atoms with E-state index in [0.29, 0.717) is 30.9 Å². The van der Waals surface area contributed by atoms with Crippen molar-refractivity contribution in [1.29, 1.82) is 0 Å². The molecule has 2 heterocycles. The number of anilines is 1. The Morgan fingerprint density at radius 3 is 2.52 bits per heavy atom. The minimum absolute atomic E-state index is 0.0668. The smallest absolute Gasteiger partial charge is 0.257 e. The third-order valence-electron chi connectivity index (χ3n) is 3.57. The fourth-order valence-electron chi connectivity index (χ4n) is 2.59. The first kappa shape index (κ1) is 15.7. The third-order valence-corrected chi connectivity index (χ3v) is 3.57. The number of nitrogens with two attached hydrogens (primary N) is 1. The van der Waals surface area contributed by atoms with Gasteiger partial charge < -0.3 is 15.7 Å². The molecule has 2 rings (SSSR count). The summed E-state index contributed by atoms with van der Waals surface area (Å²) in [5, 5.41) is 9.84. The average Bonchev–Trinajstić information content (AvgIpc) is 2.37. The molecule has 1 amide bonds. The molecule has 6 heteroatoms. The van der Waals surface area contributed by atoms with Gasteiger partial charge in [-0.15, -0.1) is 0 Å². The lowest BCUT2D eigenvalue weighted by atomic mass is 10.1. The van der Waals surface area contributed by atoms with Gasteiger partial charge in [-0.3, -0.25) is 14.7 Å². The van der Waals surface area contributed by atoms with E-state index in [1.807, 2.05) is 6.92 Å². The molecular weight excluding hydrogens is 268 g/mol. The van der Waals surface area contributed by atoms with Crippen molar-refractivity contribution in [2.45, 2.75) is 26.4 Å². The quantitative estimate of drug-likeness (QED) is 0.848. The standard InChI is InChI=1S/C15H24N4O2/c1-11-8-13(16)12(9-17-11)14(20)19-6-4-18(5-7-19)10-15(2,3)21/h8-9,21H,4-7,10H2,1-3H3,(H2,16,17). The van der Waals surface area contributed by atoms with Gasteiger partial charge in [-0.05, 0) is 26.8 Å². The molecule has 0 spiro atoms. The van der Waals surface area contributed by atoms with Crippen molar-refractivity contribution in [3.05, 3.63) is 23.5 Å². The second-order valence-corrected chi connectivity index (χ2v) is 6.29. The fourth-order valence-corrected chi connectivity index (χ4v) is 2.59. The number of β-amino-alcohol motifs (C(OH)–C–C–N with tert-alkyl or cyclic N) is 1. The molecule has 0 atom stereocenters. The largest absolute Gasteiger partial charge is 0.398 e. The Hall–Kier alpha value is -1.66. The van der Waals surface area contributed by atoms with Gasteiger partial charge in [0.15, 0.2) is 0 Å². The Bertz CT molecular complexity index is 517. The summed E-state index contributed by atoms with van der Waals surface area (Å²) < 4.78 is 0. The van der Waals surface area contributed by atoms with Crippen LogP contribution in [0.15, 0.2) is 12.3 Å². The van der Waals surface area contributed by atoms with Crippen LogP contribution in [-0.2, 0) is 0 Å². The van der Waals surface area contributed by atoms with Crippen LogP contribution in [0.1, 0.15) is 29.9 Å². The number of rotatable bonds is 3. The van der Waals surface area contributed by atoms with Crippen LogP contribution in [0.25, 0.3) is 0 Å². The summed E-state index contributed by atoms with van der Waals surface area (Å²) in [7, 11) is 0. The maximum absolute atomic E-state index is 12.5. The van der Waals surface area contributed by atoms with Gasteiger partial charge in [0.2, 0.25) is 0 Å². The number of aliphatic hydroxyl groups is 1. The van der Waals surface area contributed by atoms with Gasteiger partial charge in [-0.25, -0.2) is 0 Å². The van der Waals surface area contributed by atoms with Crippen molar-refractivity contribution >= 4 is 11.6 Å². The van der Waals surface area contributed by atoms with Crippen LogP contribution in [-0.4, -0.2) is 64.1 Å². The molecule has 1 saturated heterocycles. The number of aryl methyl sites for hydroxylation is 1. The predicted octanol–water partition coefficient (Wildman–Crippen LogP) is 0.501. The first-order chi connectivity index (χ1) is 9.76. The molecule has 0 aromatic carbocycles. The Morgan fingerprint density at radius 2 is 2.00 bits per heavy atom. The monoisotopic (exact) mass is 292 g/mol. The van der Waals surface area contributed by atoms with Crippen LogP contribution >= 0.6 is 0 Å². The molecule has 1 aromatic heterocycles. The van der Waals surface area contributed by atoms with E-state index < -0.39 is 5.60 Å². The Balaban J connectivity index is 1.97. The summed E-state index contributed by atoms with van der Waals surface area (Å²) in [6.45, 7) is 8.85. The SMILES string of the molecule is Cc1cc(N)c(C(=O)N2CCN(CC(C)(C)O)CC2)cn1. The maximum Gasteiger partial charge on any atom is 0.257 e. The van der Waals surface area contributed by atoms with Crippen molar-refractivity contribution in [1.82, 2.24) is 14.8 Å². The van der Waals surface area contributed by atoms with Crippen molar-refractivity contribution in [3.63, 3.8) is 0 Å². The molecule has 1 fully saturated rings. The highest BCUT2D eigenvalue weighted by molar-refractivity contribution is 5.98. The Kier molecular flexibility index (Phi) is 4.49. The summed E-state index contributed by atoms with van der Waals surface area (Å²) in [5.74, 6) is -0.0668. The van der Waals surface area contributed by atoms with Gasteiger partial charge in [0.1, 0.15) is 0 Å². The lowest BCUT2D eigenvalue weighted by Gasteiger charge is -2.37. The van der Waals surface area contributed by atoms with Crippen LogP contribution in [0.3, 0.4) is 0 Å². The Labute approximate surface area is 125 Å². The number of nitrogens with zero attached hydrogens (tertiary/aromatic N) is 3. The average molecular weight is 292 g/mol. The summed E-state index contributed by atoms with van der Waals surface area (Å²) in [6.07, 6.45) is 1.55. The van der Waals surface area contributed by atoms with E-state index >= 15 is 0 Å². The highest BCUT2D eigenvalue weighted by Crippen LogP contribution is 2.16. The first-order valence-electron chi connectivity index (χ1n) is 7.22. The number of carbonyl (C=O) groups excluding carboxylic acids is 1. The van der Waals surface area contributed by atoms with Crippen molar-refractivity contribution in [2.75, 3.05) is 38.5 Å². The minimum atomic E-state index is -0.711. The highest BCUT2D eigenvalue weighted by Gasteiger charge is 2.26. The van der Waals surface area contributed by atoms with Crippen molar-refractivity contribution in [2.24, 2.45) is 0 Å². The fraction of sp³-hybridized carbons (Fsp3) is 0.600. The zero-order valence-electron chi connectivity index (χ0n) is 13.0. The molecule has 0 radical (unpaired) electrons. The lowest BCUT2D eigenvalue weighted by molar-refractivity contribution is 0.0179. The number of hydrogen-bond donors (Lipinski definition) is 2. The first-order valence-corrected chi connectivity index (χ1v) is 7.22. The maximum atomic E-state index is 12.5. The zero-order chi connectivity index (χ0) is 15.6. The number of hydrogen-bond acceptors (Lipinski definition) is 5. The van der Waals surface area contributed by atoms with Crippen molar-refractivity contribution < 1.29 is 9.90 Å². The summed E-state index contributed by atoms with van der Waals surface area (Å²) in [4.78, 5) is 20.6. The van der Waals surface area contributed by atoms with E-state index in [1.165, 1.54) is 0 Å². The van der Waals surface area contributed by atoms with Crippen LogP contribution in [0, 0.1) is 6.92 Å². The van der Waals surface area contributed by atoms with Crippen LogP contribution in [0.4, 0.5) is 5.69 Å². The number of aromatic nitrogens is 1. The van der Waals surface area contributed by atoms with Gasteiger partial charge in [-0.1, -0.05) is 0 Å². The molecule has 0 unspecified atom stereocenters. The second-order valence-electron chi connectivity index (χ2n) is 6.29. The molecule has 0 saturated carbocycles. The molecule has 1 aromatic rings. The van der Waals surface area contributed by atoms with E-state index in [1.54, 1.807) is 31.0 Å². The van der Waals surface area contributed by atoms with Gasteiger partial charge >= 0.3 is 0 Å². The topological polar surface area (TPSA) is 82.7 Å². The third kappa shape index (κ3) is 4.15. The lowest BCUT2D eigenvalue weighted by Crippen LogP contribution is -2.52. The van der Waals surface area contributed by atoms with E-state index in [-0.39, 0.29) is 5.91 Å². The predicted molar refractivity (Wildman–Crippen MR) is 82.0 cm³/mol. The molecule has 21 heavy (non-hydrogen) atoms. The molecule has 3 N–H and O–H groups in total. The van der Waals surface area contributed by atoms with E-state index in [9.17, 15) is 9.90 Å². The van der Waals surface area contributed by atoms with Crippen LogP contribution < -0.4 is 5.73 Å². The molecule has 1 aliphatic heterocycles. The number of carbonyl (C=O) groups is 1. The van der Waals surface area contributed by atoms with Crippen molar-refractivity contribution in [3.8, 4) is 0 Å². The summed E-state index contributed by atoms with van der Waals surface area (Å²) >= 11 is 0. The van der Waals surface area contributed by atoms with E-state index in [0.717, 1.165) is 18.8 Å². The van der Waals surface area contributed by atoms with Crippen LogP contribution in [0.2, 0.25) is 0 Å². The van der Waals surface area contributed by atoms with E-state index in [4.69, 9.17) is 5.73 Å². The Morgan fingerprint density at radius 1 is 1.38 bits per heavy atom. The van der Waals surface area contributed by atoms with Gasteiger partial charge in [0.25, 0.3) is 5.91 Å². The van der Waals surface area contributed by atoms with Gasteiger partial charge in [0.05, 0.1) is 11.2 Å². The molecule has 6 nitrogen and oxygen atoms in total. The van der Waals surface area contributed by atoms with Gasteiger partial charge in [-0.2, -0.15) is 0 Å². The summed E-state index contributed by atoms with van der Waals surface area (Å²) in [5.41, 5.74) is 6.95. The molecule has 0 bridgehead atoms. The number of pyridine rings is 1. The van der Waals surface area contributed by atoms with E-state index in [2.05, 4.69) is 9.88 Å².